The summed E-state index contributed by atoms with van der Waals surface area (Å²) in [6, 6.07) is 8.93. The Morgan fingerprint density at radius 3 is 2.23 bits per heavy atom. The van der Waals surface area contributed by atoms with Gasteiger partial charge in [-0.2, -0.15) is 4.31 Å². The van der Waals surface area contributed by atoms with E-state index in [9.17, 15) is 18.3 Å². The van der Waals surface area contributed by atoms with Crippen molar-refractivity contribution in [1.29, 1.82) is 0 Å². The first-order valence-electron chi connectivity index (χ1n) is 7.25. The van der Waals surface area contributed by atoms with Crippen molar-refractivity contribution >= 4 is 50.8 Å². The Morgan fingerprint density at radius 1 is 1.04 bits per heavy atom. The van der Waals surface area contributed by atoms with Gasteiger partial charge in [0.1, 0.15) is 11.4 Å². The molecule has 2 N–H and O–H groups in total. The predicted octanol–water partition coefficient (Wildman–Crippen LogP) is 3.67. The number of aromatic hydroxyl groups is 1. The van der Waals surface area contributed by atoms with Crippen molar-refractivity contribution in [1.82, 2.24) is 4.31 Å². The number of phenols is 1. The smallest absolute Gasteiger partial charge is 0.318 e. The number of hydrogen-bond acceptors (Lipinski definition) is 4. The fraction of sp³-hybridized carbons (Fsp3) is 0.188. The van der Waals surface area contributed by atoms with E-state index >= 15 is 0 Å². The van der Waals surface area contributed by atoms with Gasteiger partial charge >= 0.3 is 5.97 Å². The van der Waals surface area contributed by atoms with Crippen molar-refractivity contribution in [2.24, 2.45) is 0 Å². The van der Waals surface area contributed by atoms with Crippen LogP contribution in [0.4, 0.5) is 0 Å². The number of phenolic OH excluding ortho intramolecular Hbond substituents is 1. The monoisotopic (exact) mass is 437 g/mol. The number of sulfonamides is 1. The van der Waals surface area contributed by atoms with E-state index in [0.29, 0.717) is 5.02 Å². The standard InChI is InChI=1S/C16H14Cl3NO5S/c17-11-3-1-10(2-4-11)5-6-20(9-15(21)22)26(24,25)14-8-12(18)7-13(19)16(14)23/h1-4,7-8,23H,5-6,9H2,(H,21,22). The molecular weight excluding hydrogens is 425 g/mol. The van der Waals surface area contributed by atoms with E-state index in [1.807, 2.05) is 0 Å². The molecule has 2 aromatic rings. The molecule has 0 spiro atoms. The molecule has 0 aliphatic carbocycles. The molecule has 6 nitrogen and oxygen atoms in total. The quantitative estimate of drug-likeness (QED) is 0.688. The molecule has 10 heteroatoms. The summed E-state index contributed by atoms with van der Waals surface area (Å²) >= 11 is 17.4. The van der Waals surface area contributed by atoms with E-state index < -0.39 is 33.2 Å². The van der Waals surface area contributed by atoms with E-state index in [0.717, 1.165) is 15.9 Å². The highest BCUT2D eigenvalue weighted by molar-refractivity contribution is 7.89. The highest BCUT2D eigenvalue weighted by Crippen LogP contribution is 2.35. The third-order valence-corrected chi connectivity index (χ3v) is 6.10. The van der Waals surface area contributed by atoms with Crippen LogP contribution < -0.4 is 0 Å². The molecule has 0 aliphatic heterocycles. The number of rotatable bonds is 7. The summed E-state index contributed by atoms with van der Waals surface area (Å²) in [7, 11) is -4.34. The van der Waals surface area contributed by atoms with Crippen LogP contribution in [-0.2, 0) is 21.2 Å². The Balaban J connectivity index is 2.35. The molecule has 2 aromatic carbocycles. The lowest BCUT2D eigenvalue weighted by molar-refractivity contribution is -0.137. The van der Waals surface area contributed by atoms with Gasteiger partial charge in [-0.25, -0.2) is 8.42 Å². The zero-order chi connectivity index (χ0) is 19.5. The Kier molecular flexibility index (Phi) is 6.76. The summed E-state index contributed by atoms with van der Waals surface area (Å²) in [6.07, 6.45) is 0.249. The van der Waals surface area contributed by atoms with Crippen LogP contribution in [0, 0.1) is 0 Å². The average Bonchev–Trinajstić information content (AvgIpc) is 2.55. The van der Waals surface area contributed by atoms with Crippen LogP contribution in [0.2, 0.25) is 15.1 Å². The first-order valence-corrected chi connectivity index (χ1v) is 9.83. The Hall–Kier alpha value is -1.51. The molecule has 0 unspecified atom stereocenters. The highest BCUT2D eigenvalue weighted by Gasteiger charge is 2.30. The Bertz CT molecular complexity index is 916. The molecular formula is C16H14Cl3NO5S. The lowest BCUT2D eigenvalue weighted by Crippen LogP contribution is -2.37. The van der Waals surface area contributed by atoms with Gasteiger partial charge in [0.25, 0.3) is 0 Å². The van der Waals surface area contributed by atoms with Crippen molar-refractivity contribution in [2.45, 2.75) is 11.3 Å². The van der Waals surface area contributed by atoms with Crippen molar-refractivity contribution in [3.8, 4) is 5.75 Å². The molecule has 0 saturated heterocycles. The summed E-state index contributed by atoms with van der Waals surface area (Å²) in [5.74, 6) is -2.02. The van der Waals surface area contributed by atoms with Gasteiger partial charge in [-0.15, -0.1) is 0 Å². The van der Waals surface area contributed by atoms with Crippen LogP contribution in [0.1, 0.15) is 5.56 Å². The topological polar surface area (TPSA) is 94.9 Å². The van der Waals surface area contributed by atoms with Gasteiger partial charge < -0.3 is 10.2 Å². The van der Waals surface area contributed by atoms with Crippen LogP contribution >= 0.6 is 34.8 Å². The molecule has 0 saturated carbocycles. The van der Waals surface area contributed by atoms with Gasteiger partial charge in [0.05, 0.1) is 5.02 Å². The number of nitrogens with zero attached hydrogens (tertiary/aromatic N) is 1. The van der Waals surface area contributed by atoms with Gasteiger partial charge in [0, 0.05) is 16.6 Å². The molecule has 0 radical (unpaired) electrons. The van der Waals surface area contributed by atoms with Gasteiger partial charge in [-0.1, -0.05) is 46.9 Å². The van der Waals surface area contributed by atoms with Crippen LogP contribution in [0.25, 0.3) is 0 Å². The molecule has 0 bridgehead atoms. The fourth-order valence-corrected chi connectivity index (χ4v) is 4.48. The van der Waals surface area contributed by atoms with Crippen molar-refractivity contribution < 1.29 is 23.4 Å². The zero-order valence-corrected chi connectivity index (χ0v) is 16.3. The van der Waals surface area contributed by atoms with Gasteiger partial charge in [-0.3, -0.25) is 4.79 Å². The second-order valence-electron chi connectivity index (χ2n) is 5.34. The van der Waals surface area contributed by atoms with Crippen molar-refractivity contribution in [3.63, 3.8) is 0 Å². The van der Waals surface area contributed by atoms with E-state index in [2.05, 4.69) is 0 Å². The van der Waals surface area contributed by atoms with Crippen molar-refractivity contribution in [2.75, 3.05) is 13.1 Å². The van der Waals surface area contributed by atoms with Crippen LogP contribution in [0.5, 0.6) is 5.75 Å². The van der Waals surface area contributed by atoms with Gasteiger partial charge in [0.15, 0.2) is 5.75 Å². The molecule has 0 aliphatic rings. The molecule has 0 aromatic heterocycles. The van der Waals surface area contributed by atoms with E-state index in [1.54, 1.807) is 24.3 Å². The van der Waals surface area contributed by atoms with Crippen molar-refractivity contribution in [3.05, 3.63) is 57.0 Å². The number of benzene rings is 2. The summed E-state index contributed by atoms with van der Waals surface area (Å²) in [5.41, 5.74) is 0.772. The maximum atomic E-state index is 12.8. The minimum Gasteiger partial charge on any atom is -0.505 e. The lowest BCUT2D eigenvalue weighted by Gasteiger charge is -2.21. The number of halogens is 3. The molecule has 26 heavy (non-hydrogen) atoms. The minimum atomic E-state index is -4.34. The SMILES string of the molecule is O=C(O)CN(CCc1ccc(Cl)cc1)S(=O)(=O)c1cc(Cl)cc(Cl)c1O. The number of carboxylic acids is 1. The second-order valence-corrected chi connectivity index (χ2v) is 8.53. The largest absolute Gasteiger partial charge is 0.505 e. The molecule has 2 rings (SSSR count). The summed E-state index contributed by atoms with van der Waals surface area (Å²) in [6.45, 7) is -0.903. The van der Waals surface area contributed by atoms with Gasteiger partial charge in [-0.05, 0) is 36.2 Å². The maximum Gasteiger partial charge on any atom is 0.318 e. The Morgan fingerprint density at radius 2 is 1.65 bits per heavy atom. The fourth-order valence-electron chi connectivity index (χ4n) is 2.22. The zero-order valence-electron chi connectivity index (χ0n) is 13.2. The third kappa shape index (κ3) is 5.02. The normalized spacial score (nSPS) is 11.7. The van der Waals surface area contributed by atoms with Crippen LogP contribution in [0.15, 0.2) is 41.3 Å². The van der Waals surface area contributed by atoms with E-state index in [-0.39, 0.29) is 23.0 Å². The van der Waals surface area contributed by atoms with E-state index in [4.69, 9.17) is 39.9 Å². The molecule has 0 amide bonds. The minimum absolute atomic E-state index is 0.000601. The highest BCUT2D eigenvalue weighted by atomic mass is 35.5. The lowest BCUT2D eigenvalue weighted by atomic mass is 10.1. The summed E-state index contributed by atoms with van der Waals surface area (Å²) < 4.78 is 26.4. The number of hydrogen-bond donors (Lipinski definition) is 2. The number of carbonyl (C=O) groups is 1. The van der Waals surface area contributed by atoms with E-state index in [1.165, 1.54) is 6.07 Å². The summed E-state index contributed by atoms with van der Waals surface area (Å²) in [5, 5.41) is 19.3. The van der Waals surface area contributed by atoms with Crippen LogP contribution in [0.3, 0.4) is 0 Å². The molecule has 0 heterocycles. The number of carboxylic acid groups (broad SMARTS) is 1. The predicted molar refractivity (Wildman–Crippen MR) is 99.7 cm³/mol. The molecule has 0 atom stereocenters. The third-order valence-electron chi connectivity index (χ3n) is 3.49. The molecule has 0 fully saturated rings. The molecule has 140 valence electrons. The number of aliphatic carboxylic acids is 1. The first-order chi connectivity index (χ1) is 12.1. The average molecular weight is 439 g/mol. The summed E-state index contributed by atoms with van der Waals surface area (Å²) in [4.78, 5) is 10.6. The maximum absolute atomic E-state index is 12.8. The first kappa shape index (κ1) is 20.8. The Labute approximate surface area is 165 Å². The van der Waals surface area contributed by atoms with Crippen LogP contribution in [-0.4, -0.2) is 42.0 Å². The van der Waals surface area contributed by atoms with Gasteiger partial charge in [0.2, 0.25) is 10.0 Å². The second kappa shape index (κ2) is 8.45.